The summed E-state index contributed by atoms with van der Waals surface area (Å²) in [4.78, 5) is 0. The van der Waals surface area contributed by atoms with Crippen molar-refractivity contribution in [3.8, 4) is 0 Å². The molecule has 0 bridgehead atoms. The number of rotatable bonds is 7. The van der Waals surface area contributed by atoms with Crippen molar-refractivity contribution in [3.63, 3.8) is 0 Å². The van der Waals surface area contributed by atoms with Crippen LogP contribution in [0.2, 0.25) is 6.32 Å². The van der Waals surface area contributed by atoms with Crippen molar-refractivity contribution in [2.45, 2.75) is 65.6 Å². The largest absolute Gasteiger partial charge is 0.456 e. The van der Waals surface area contributed by atoms with E-state index >= 15 is 0 Å². The lowest BCUT2D eigenvalue weighted by Gasteiger charge is -2.33. The first kappa shape index (κ1) is 14.0. The summed E-state index contributed by atoms with van der Waals surface area (Å²) in [5, 5.41) is 0. The summed E-state index contributed by atoms with van der Waals surface area (Å²) in [5.74, 6) is 0. The fraction of sp³-hybridized carbons (Fsp3) is 1.00. The van der Waals surface area contributed by atoms with Crippen LogP contribution in [0.25, 0.3) is 0 Å². The monoisotopic (exact) mass is 226 g/mol. The van der Waals surface area contributed by atoms with Gasteiger partial charge in [-0.05, 0) is 6.32 Å². The first-order valence-corrected chi connectivity index (χ1v) is 6.87. The van der Waals surface area contributed by atoms with E-state index in [-0.39, 0.29) is 12.5 Å². The third-order valence-electron chi connectivity index (χ3n) is 3.11. The van der Waals surface area contributed by atoms with Crippen LogP contribution in [0.15, 0.2) is 0 Å². The summed E-state index contributed by atoms with van der Waals surface area (Å²) >= 11 is 0. The van der Waals surface area contributed by atoms with Crippen molar-refractivity contribution < 1.29 is 9.31 Å². The van der Waals surface area contributed by atoms with Gasteiger partial charge in [-0.3, -0.25) is 0 Å². The predicted octanol–water partition coefficient (Wildman–Crippen LogP) is 3.91. The summed E-state index contributed by atoms with van der Waals surface area (Å²) in [5.41, 5.74) is 0.206. The Morgan fingerprint density at radius 3 is 2.12 bits per heavy atom. The lowest BCUT2D eigenvalue weighted by Crippen LogP contribution is -2.40. The Morgan fingerprint density at radius 1 is 0.938 bits per heavy atom. The van der Waals surface area contributed by atoms with E-state index in [9.17, 15) is 0 Å². The van der Waals surface area contributed by atoms with Gasteiger partial charge in [0.05, 0.1) is 0 Å². The van der Waals surface area contributed by atoms with Crippen molar-refractivity contribution in [1.82, 2.24) is 0 Å². The highest BCUT2D eigenvalue weighted by Crippen LogP contribution is 2.23. The quantitative estimate of drug-likeness (QED) is 0.484. The van der Waals surface area contributed by atoms with Crippen LogP contribution in [0, 0.1) is 5.41 Å². The summed E-state index contributed by atoms with van der Waals surface area (Å²) in [6.07, 6.45) is 9.10. The molecule has 0 aliphatic carbocycles. The van der Waals surface area contributed by atoms with Crippen LogP contribution < -0.4 is 0 Å². The molecule has 1 fully saturated rings. The third kappa shape index (κ3) is 5.90. The number of unbranched alkanes of at least 4 members (excludes halogenated alkanes) is 5. The van der Waals surface area contributed by atoms with Crippen molar-refractivity contribution in [2.24, 2.45) is 5.41 Å². The van der Waals surface area contributed by atoms with Gasteiger partial charge in [0.2, 0.25) is 0 Å². The van der Waals surface area contributed by atoms with Gasteiger partial charge in [-0.1, -0.05) is 59.3 Å². The Balaban J connectivity index is 1.94. The average Bonchev–Trinajstić information content (AvgIpc) is 2.25. The van der Waals surface area contributed by atoms with Crippen LogP contribution in [-0.2, 0) is 9.31 Å². The van der Waals surface area contributed by atoms with E-state index in [0.717, 1.165) is 19.5 Å². The van der Waals surface area contributed by atoms with Gasteiger partial charge >= 0.3 is 7.12 Å². The molecule has 2 nitrogen and oxygen atoms in total. The highest BCUT2D eigenvalue weighted by Gasteiger charge is 2.31. The second-order valence-electron chi connectivity index (χ2n) is 5.77. The first-order chi connectivity index (χ1) is 7.64. The van der Waals surface area contributed by atoms with E-state index in [1.807, 2.05) is 0 Å². The van der Waals surface area contributed by atoms with Crippen LogP contribution in [0.4, 0.5) is 0 Å². The SMILES string of the molecule is CCCCCCCCB1OCC(C)(C)CO1. The molecule has 1 aliphatic rings. The molecule has 0 aromatic carbocycles. The topological polar surface area (TPSA) is 18.5 Å². The molecule has 0 atom stereocenters. The average molecular weight is 226 g/mol. The molecule has 1 rings (SSSR count). The Labute approximate surface area is 101 Å². The molecule has 0 aromatic rings. The van der Waals surface area contributed by atoms with Gasteiger partial charge in [0.25, 0.3) is 0 Å². The number of hydrogen-bond donors (Lipinski definition) is 0. The second-order valence-corrected chi connectivity index (χ2v) is 5.77. The Kier molecular flexibility index (Phi) is 6.44. The zero-order valence-electron chi connectivity index (χ0n) is 11.3. The summed E-state index contributed by atoms with van der Waals surface area (Å²) in [6.45, 7) is 8.31. The number of hydrogen-bond acceptors (Lipinski definition) is 2. The fourth-order valence-corrected chi connectivity index (χ4v) is 1.98. The van der Waals surface area contributed by atoms with Crippen molar-refractivity contribution in [3.05, 3.63) is 0 Å². The van der Waals surface area contributed by atoms with E-state index < -0.39 is 0 Å². The van der Waals surface area contributed by atoms with Gasteiger partial charge in [0.1, 0.15) is 0 Å². The molecule has 0 unspecified atom stereocenters. The molecule has 0 amide bonds. The minimum absolute atomic E-state index is 0.0687. The standard InChI is InChI=1S/C13H27BO2/c1-4-5-6-7-8-9-10-14-15-11-13(2,3)12-16-14/h4-12H2,1-3H3. The summed E-state index contributed by atoms with van der Waals surface area (Å²) in [7, 11) is 0.0687. The summed E-state index contributed by atoms with van der Waals surface area (Å²) in [6, 6.07) is 0. The maximum absolute atomic E-state index is 5.70. The van der Waals surface area contributed by atoms with Gasteiger partial charge in [-0.25, -0.2) is 0 Å². The molecule has 0 aromatic heterocycles. The molecule has 1 saturated heterocycles. The van der Waals surface area contributed by atoms with Gasteiger partial charge in [0, 0.05) is 18.6 Å². The maximum atomic E-state index is 5.70. The maximum Gasteiger partial charge on any atom is 0.456 e. The Bertz CT molecular complexity index is 173. The van der Waals surface area contributed by atoms with Crippen molar-refractivity contribution in [2.75, 3.05) is 13.2 Å². The summed E-state index contributed by atoms with van der Waals surface area (Å²) < 4.78 is 11.4. The molecule has 16 heavy (non-hydrogen) atoms. The van der Waals surface area contributed by atoms with E-state index in [1.165, 1.54) is 38.5 Å². The Morgan fingerprint density at radius 2 is 1.50 bits per heavy atom. The Hall–Kier alpha value is -0.0151. The van der Waals surface area contributed by atoms with E-state index in [1.54, 1.807) is 0 Å². The molecular weight excluding hydrogens is 199 g/mol. The molecular formula is C13H27BO2. The van der Waals surface area contributed by atoms with Gasteiger partial charge < -0.3 is 9.31 Å². The second kappa shape index (κ2) is 7.34. The molecule has 1 heterocycles. The lowest BCUT2D eigenvalue weighted by molar-refractivity contribution is 0.0280. The normalized spacial score (nSPS) is 20.1. The lowest BCUT2D eigenvalue weighted by atomic mass is 9.78. The highest BCUT2D eigenvalue weighted by molar-refractivity contribution is 6.44. The minimum atomic E-state index is 0.0687. The van der Waals surface area contributed by atoms with E-state index in [2.05, 4.69) is 20.8 Å². The smallest absolute Gasteiger partial charge is 0.410 e. The van der Waals surface area contributed by atoms with Crippen LogP contribution in [0.5, 0.6) is 0 Å². The first-order valence-electron chi connectivity index (χ1n) is 6.87. The molecule has 1 aliphatic heterocycles. The zero-order chi connectivity index (χ0) is 11.9. The van der Waals surface area contributed by atoms with Crippen LogP contribution in [0.1, 0.15) is 59.3 Å². The minimum Gasteiger partial charge on any atom is -0.410 e. The molecule has 3 heteroatoms. The zero-order valence-corrected chi connectivity index (χ0v) is 11.3. The molecule has 94 valence electrons. The van der Waals surface area contributed by atoms with Crippen LogP contribution in [-0.4, -0.2) is 20.3 Å². The molecule has 0 radical (unpaired) electrons. The van der Waals surface area contributed by atoms with Crippen LogP contribution in [0.3, 0.4) is 0 Å². The molecule has 0 N–H and O–H groups in total. The molecule has 0 spiro atoms. The van der Waals surface area contributed by atoms with Gasteiger partial charge in [-0.2, -0.15) is 0 Å². The third-order valence-corrected chi connectivity index (χ3v) is 3.11. The van der Waals surface area contributed by atoms with Gasteiger partial charge in [-0.15, -0.1) is 0 Å². The van der Waals surface area contributed by atoms with Gasteiger partial charge in [0.15, 0.2) is 0 Å². The van der Waals surface area contributed by atoms with Crippen molar-refractivity contribution >= 4 is 7.12 Å². The van der Waals surface area contributed by atoms with Crippen molar-refractivity contribution in [1.29, 1.82) is 0 Å². The fourth-order valence-electron chi connectivity index (χ4n) is 1.98. The predicted molar refractivity (Wildman–Crippen MR) is 69.6 cm³/mol. The highest BCUT2D eigenvalue weighted by atomic mass is 16.6. The molecule has 0 saturated carbocycles. The van der Waals surface area contributed by atoms with E-state index in [0.29, 0.717) is 0 Å². The van der Waals surface area contributed by atoms with E-state index in [4.69, 9.17) is 9.31 Å². The van der Waals surface area contributed by atoms with Crippen LogP contribution >= 0.6 is 0 Å².